The van der Waals surface area contributed by atoms with Gasteiger partial charge in [0.2, 0.25) is 17.7 Å². The third kappa shape index (κ3) is 4.68. The van der Waals surface area contributed by atoms with E-state index < -0.39 is 17.8 Å². The Hall–Kier alpha value is -3.48. The Kier molecular flexibility index (Phi) is 6.07. The van der Waals surface area contributed by atoms with Crippen LogP contribution < -0.4 is 10.6 Å². The summed E-state index contributed by atoms with van der Waals surface area (Å²) in [6, 6.07) is 12.5. The number of nitrogens with zero attached hydrogens (tertiary/aromatic N) is 2. The molecule has 1 heterocycles. The Morgan fingerprint density at radius 2 is 1.79 bits per heavy atom. The van der Waals surface area contributed by atoms with Gasteiger partial charge >= 0.3 is 0 Å². The zero-order valence-corrected chi connectivity index (χ0v) is 16.0. The first-order valence-electron chi connectivity index (χ1n) is 9.27. The van der Waals surface area contributed by atoms with Gasteiger partial charge in [0.25, 0.3) is 0 Å². The van der Waals surface area contributed by atoms with Gasteiger partial charge in [-0.2, -0.15) is 0 Å². The predicted octanol–water partition coefficient (Wildman–Crippen LogP) is 3.00. The minimum absolute atomic E-state index is 0.0110. The molecular weight excluding hydrogens is 373 g/mol. The van der Waals surface area contributed by atoms with Gasteiger partial charge in [0.1, 0.15) is 5.82 Å². The average molecular weight is 395 g/mol. The first kappa shape index (κ1) is 20.3. The number of fused-ring (bicyclic) bond motifs is 1. The molecule has 0 bridgehead atoms. The van der Waals surface area contributed by atoms with Gasteiger partial charge in [-0.3, -0.25) is 14.4 Å². The maximum atomic E-state index is 13.3. The van der Waals surface area contributed by atoms with E-state index in [9.17, 15) is 18.8 Å². The van der Waals surface area contributed by atoms with Gasteiger partial charge in [0.05, 0.1) is 12.5 Å². The molecule has 0 saturated carbocycles. The highest BCUT2D eigenvalue weighted by Crippen LogP contribution is 2.33. The molecule has 1 unspecified atom stereocenters. The molecule has 0 saturated heterocycles. The van der Waals surface area contributed by atoms with Gasteiger partial charge in [0, 0.05) is 31.8 Å². The minimum atomic E-state index is -0.541. The normalized spacial score (nSPS) is 15.0. The molecule has 6 nitrogen and oxygen atoms in total. The van der Waals surface area contributed by atoms with Crippen molar-refractivity contribution in [1.29, 1.82) is 0 Å². The number of benzene rings is 2. The van der Waals surface area contributed by atoms with Crippen LogP contribution in [0.25, 0.3) is 6.08 Å². The van der Waals surface area contributed by atoms with Crippen molar-refractivity contribution in [3.05, 3.63) is 71.7 Å². The van der Waals surface area contributed by atoms with Crippen LogP contribution >= 0.6 is 0 Å². The molecule has 0 spiro atoms. The van der Waals surface area contributed by atoms with Gasteiger partial charge in [-0.05, 0) is 41.5 Å². The van der Waals surface area contributed by atoms with Crippen molar-refractivity contribution in [2.24, 2.45) is 5.73 Å². The fourth-order valence-electron chi connectivity index (χ4n) is 3.43. The second kappa shape index (κ2) is 8.68. The van der Waals surface area contributed by atoms with Crippen LogP contribution in [0.5, 0.6) is 0 Å². The van der Waals surface area contributed by atoms with Crippen molar-refractivity contribution in [2.75, 3.05) is 11.4 Å². The fraction of sp³-hybridized carbons (Fsp3) is 0.227. The maximum absolute atomic E-state index is 13.3. The molecule has 0 aliphatic carbocycles. The third-order valence-corrected chi connectivity index (χ3v) is 4.86. The summed E-state index contributed by atoms with van der Waals surface area (Å²) in [6.45, 7) is 1.52. The number of primary amides is 1. The molecule has 1 aliphatic heterocycles. The summed E-state index contributed by atoms with van der Waals surface area (Å²) >= 11 is 0. The number of carbonyl (C=O) groups is 3. The van der Waals surface area contributed by atoms with Crippen molar-refractivity contribution >= 4 is 29.5 Å². The Balaban J connectivity index is 1.90. The van der Waals surface area contributed by atoms with Crippen molar-refractivity contribution in [3.63, 3.8) is 0 Å². The van der Waals surface area contributed by atoms with Crippen LogP contribution in [0.3, 0.4) is 0 Å². The molecule has 3 amide bonds. The lowest BCUT2D eigenvalue weighted by atomic mass is 9.93. The second-order valence-corrected chi connectivity index (χ2v) is 6.83. The first-order valence-corrected chi connectivity index (χ1v) is 9.27. The molecular formula is C22H22FN3O3. The molecule has 2 aromatic rings. The van der Waals surface area contributed by atoms with E-state index in [1.54, 1.807) is 6.20 Å². The lowest BCUT2D eigenvalue weighted by Crippen LogP contribution is -2.39. The summed E-state index contributed by atoms with van der Waals surface area (Å²) < 4.78 is 13.3. The summed E-state index contributed by atoms with van der Waals surface area (Å²) in [5, 5.41) is 0. The lowest BCUT2D eigenvalue weighted by Gasteiger charge is -2.34. The molecule has 3 rings (SSSR count). The van der Waals surface area contributed by atoms with Gasteiger partial charge in [0.15, 0.2) is 0 Å². The zero-order valence-electron chi connectivity index (χ0n) is 16.0. The molecule has 7 heteroatoms. The highest BCUT2D eigenvalue weighted by molar-refractivity contribution is 5.95. The van der Waals surface area contributed by atoms with Crippen molar-refractivity contribution in [3.8, 4) is 0 Å². The summed E-state index contributed by atoms with van der Waals surface area (Å²) in [6.07, 6.45) is 3.49. The van der Waals surface area contributed by atoms with E-state index >= 15 is 0 Å². The Morgan fingerprint density at radius 3 is 2.45 bits per heavy atom. The zero-order chi connectivity index (χ0) is 21.0. The number of amides is 3. The monoisotopic (exact) mass is 395 g/mol. The molecule has 29 heavy (non-hydrogen) atoms. The topological polar surface area (TPSA) is 83.7 Å². The predicted molar refractivity (Wildman–Crippen MR) is 108 cm³/mol. The van der Waals surface area contributed by atoms with Gasteiger partial charge in [-0.1, -0.05) is 24.3 Å². The second-order valence-electron chi connectivity index (χ2n) is 6.83. The average Bonchev–Trinajstić information content (AvgIpc) is 2.69. The van der Waals surface area contributed by atoms with Crippen LogP contribution in [0.2, 0.25) is 0 Å². The minimum Gasteiger partial charge on any atom is -0.370 e. The van der Waals surface area contributed by atoms with Gasteiger partial charge in [-0.15, -0.1) is 0 Å². The molecule has 2 aromatic carbocycles. The summed E-state index contributed by atoms with van der Waals surface area (Å²) in [5.41, 5.74) is 7.52. The van der Waals surface area contributed by atoms with E-state index in [4.69, 9.17) is 5.73 Å². The van der Waals surface area contributed by atoms with Crippen LogP contribution in [0.4, 0.5) is 10.1 Å². The van der Waals surface area contributed by atoms with Crippen molar-refractivity contribution in [1.82, 2.24) is 4.90 Å². The first-order chi connectivity index (χ1) is 13.9. The van der Waals surface area contributed by atoms with Crippen molar-refractivity contribution in [2.45, 2.75) is 25.8 Å². The van der Waals surface area contributed by atoms with Crippen LogP contribution in [-0.4, -0.2) is 29.2 Å². The summed E-state index contributed by atoms with van der Waals surface area (Å²) in [7, 11) is 0. The van der Waals surface area contributed by atoms with E-state index in [1.165, 1.54) is 41.0 Å². The molecule has 150 valence electrons. The van der Waals surface area contributed by atoms with E-state index in [1.807, 2.05) is 30.3 Å². The maximum Gasteiger partial charge on any atom is 0.229 e. The van der Waals surface area contributed by atoms with Crippen LogP contribution in [-0.2, 0) is 14.4 Å². The van der Waals surface area contributed by atoms with Crippen LogP contribution in [0, 0.1) is 5.82 Å². The standard InChI is InChI=1S/C22H22FN3O3/c1-15(27)25-12-10-16-4-2-3-5-19(16)20(25)14-22(29)26(13-11-21(24)28)18-8-6-17(23)7-9-18/h2-10,12,20H,11,13-14H2,1H3,(H2,24,28). The largest absolute Gasteiger partial charge is 0.370 e. The third-order valence-electron chi connectivity index (χ3n) is 4.86. The van der Waals surface area contributed by atoms with E-state index in [0.29, 0.717) is 5.69 Å². The summed E-state index contributed by atoms with van der Waals surface area (Å²) in [4.78, 5) is 39.5. The Morgan fingerprint density at radius 1 is 1.10 bits per heavy atom. The van der Waals surface area contributed by atoms with Gasteiger partial charge in [-0.25, -0.2) is 4.39 Å². The number of rotatable bonds is 6. The highest BCUT2D eigenvalue weighted by atomic mass is 19.1. The molecule has 0 fully saturated rings. The SMILES string of the molecule is CC(=O)N1C=Cc2ccccc2C1CC(=O)N(CCC(N)=O)c1ccc(F)cc1. The molecule has 1 atom stereocenters. The number of anilines is 1. The Bertz CT molecular complexity index is 956. The van der Waals surface area contributed by atoms with Crippen LogP contribution in [0.15, 0.2) is 54.7 Å². The number of hydrogen-bond donors (Lipinski definition) is 1. The molecule has 1 aliphatic rings. The number of halogens is 1. The Labute approximate surface area is 168 Å². The van der Waals surface area contributed by atoms with E-state index in [0.717, 1.165) is 11.1 Å². The molecule has 2 N–H and O–H groups in total. The number of carbonyl (C=O) groups excluding carboxylic acids is 3. The smallest absolute Gasteiger partial charge is 0.229 e. The summed E-state index contributed by atoms with van der Waals surface area (Å²) in [5.74, 6) is -1.44. The molecule has 0 aromatic heterocycles. The fourth-order valence-corrected chi connectivity index (χ4v) is 3.43. The van der Waals surface area contributed by atoms with Crippen molar-refractivity contribution < 1.29 is 18.8 Å². The number of nitrogens with two attached hydrogens (primary N) is 1. The van der Waals surface area contributed by atoms with Gasteiger partial charge < -0.3 is 15.5 Å². The number of hydrogen-bond acceptors (Lipinski definition) is 3. The lowest BCUT2D eigenvalue weighted by molar-refractivity contribution is -0.129. The highest BCUT2D eigenvalue weighted by Gasteiger charge is 2.30. The quantitative estimate of drug-likeness (QED) is 0.816. The van der Waals surface area contributed by atoms with E-state index in [-0.39, 0.29) is 31.2 Å². The molecule has 0 radical (unpaired) electrons. The van der Waals surface area contributed by atoms with Crippen LogP contribution in [0.1, 0.15) is 36.9 Å². The van der Waals surface area contributed by atoms with E-state index in [2.05, 4.69) is 0 Å².